The molecule has 170 valence electrons. The number of amides is 2. The van der Waals surface area contributed by atoms with E-state index in [0.29, 0.717) is 37.5 Å². The van der Waals surface area contributed by atoms with Crippen LogP contribution >= 0.6 is 0 Å². The zero-order valence-electron chi connectivity index (χ0n) is 18.9. The summed E-state index contributed by atoms with van der Waals surface area (Å²) in [7, 11) is 1.61. The average molecular weight is 445 g/mol. The number of ether oxygens (including phenoxy) is 1. The molecule has 1 saturated heterocycles. The lowest BCUT2D eigenvalue weighted by Gasteiger charge is -2.41. The van der Waals surface area contributed by atoms with E-state index in [1.165, 1.54) is 0 Å². The number of carbonyl (C=O) groups excluding carboxylic acids is 2. The van der Waals surface area contributed by atoms with E-state index in [9.17, 15) is 9.59 Å². The molecule has 1 aromatic heterocycles. The van der Waals surface area contributed by atoms with Crippen LogP contribution in [0.25, 0.3) is 0 Å². The van der Waals surface area contributed by atoms with Gasteiger partial charge >= 0.3 is 0 Å². The lowest BCUT2D eigenvalue weighted by atomic mass is 10.0. The summed E-state index contributed by atoms with van der Waals surface area (Å²) in [5.41, 5.74) is 3.44. The number of anilines is 1. The summed E-state index contributed by atoms with van der Waals surface area (Å²) < 4.78 is 5.49. The van der Waals surface area contributed by atoms with Crippen LogP contribution in [-0.4, -0.2) is 53.3 Å². The summed E-state index contributed by atoms with van der Waals surface area (Å²) in [6, 6.07) is 19.0. The van der Waals surface area contributed by atoms with Crippen molar-refractivity contribution in [3.05, 3.63) is 89.7 Å². The molecule has 2 heterocycles. The Balaban J connectivity index is 1.54. The molecule has 1 N–H and O–H groups in total. The number of carbonyl (C=O) groups is 2. The zero-order chi connectivity index (χ0) is 23.2. The molecule has 7 heteroatoms. The topological polar surface area (TPSA) is 74.8 Å². The predicted octanol–water partition coefficient (Wildman–Crippen LogP) is 3.75. The van der Waals surface area contributed by atoms with Crippen molar-refractivity contribution in [2.45, 2.75) is 19.5 Å². The lowest BCUT2D eigenvalue weighted by Crippen LogP contribution is -2.51. The highest BCUT2D eigenvalue weighted by Gasteiger charge is 2.32. The number of pyridine rings is 1. The first-order valence-corrected chi connectivity index (χ1v) is 11.0. The minimum atomic E-state index is -0.163. The molecule has 0 saturated carbocycles. The number of hydrogen-bond acceptors (Lipinski definition) is 5. The van der Waals surface area contributed by atoms with Gasteiger partial charge in [0.15, 0.2) is 0 Å². The van der Waals surface area contributed by atoms with Crippen LogP contribution in [0.3, 0.4) is 0 Å². The molecule has 1 unspecified atom stereocenters. The van der Waals surface area contributed by atoms with Crippen LogP contribution in [0.1, 0.15) is 34.5 Å². The minimum Gasteiger partial charge on any atom is -0.495 e. The average Bonchev–Trinajstić information content (AvgIpc) is 2.87. The summed E-state index contributed by atoms with van der Waals surface area (Å²) in [5.74, 6) is 0.626. The Morgan fingerprint density at radius 2 is 1.82 bits per heavy atom. The van der Waals surface area contributed by atoms with E-state index in [1.807, 2.05) is 64.4 Å². The molecule has 0 aliphatic carbocycles. The number of methoxy groups -OCH3 is 1. The molecule has 2 aromatic carbocycles. The number of piperazine rings is 1. The monoisotopic (exact) mass is 444 g/mol. The van der Waals surface area contributed by atoms with Gasteiger partial charge in [0.05, 0.1) is 18.8 Å². The second-order valence-electron chi connectivity index (χ2n) is 8.01. The number of nitrogens with one attached hydrogen (secondary N) is 1. The van der Waals surface area contributed by atoms with Gasteiger partial charge in [0.2, 0.25) is 5.91 Å². The lowest BCUT2D eigenvalue weighted by molar-refractivity contribution is -0.133. The van der Waals surface area contributed by atoms with Crippen LogP contribution in [0, 0.1) is 0 Å². The van der Waals surface area contributed by atoms with Crippen molar-refractivity contribution in [3.8, 4) is 5.75 Å². The maximum absolute atomic E-state index is 13.4. The Morgan fingerprint density at radius 1 is 1.06 bits per heavy atom. The van der Waals surface area contributed by atoms with Crippen LogP contribution in [-0.2, 0) is 11.3 Å². The minimum absolute atomic E-state index is 0.0167. The highest BCUT2D eigenvalue weighted by Crippen LogP contribution is 2.29. The van der Waals surface area contributed by atoms with E-state index >= 15 is 0 Å². The highest BCUT2D eigenvalue weighted by atomic mass is 16.5. The molecule has 0 spiro atoms. The first-order chi connectivity index (χ1) is 16.1. The fraction of sp³-hybridized carbons (Fsp3) is 0.269. The number of hydrogen-bond donors (Lipinski definition) is 1. The summed E-state index contributed by atoms with van der Waals surface area (Å²) in [6.45, 7) is 3.62. The van der Waals surface area contributed by atoms with Gasteiger partial charge < -0.3 is 19.9 Å². The Labute approximate surface area is 194 Å². The van der Waals surface area contributed by atoms with E-state index in [1.54, 1.807) is 32.5 Å². The molecule has 4 rings (SSSR count). The van der Waals surface area contributed by atoms with Gasteiger partial charge in [0.1, 0.15) is 5.75 Å². The predicted molar refractivity (Wildman–Crippen MR) is 127 cm³/mol. The molecule has 7 nitrogen and oxygen atoms in total. The van der Waals surface area contributed by atoms with Gasteiger partial charge in [-0.25, -0.2) is 0 Å². The van der Waals surface area contributed by atoms with Crippen molar-refractivity contribution in [3.63, 3.8) is 0 Å². The van der Waals surface area contributed by atoms with Crippen molar-refractivity contribution in [2.24, 2.45) is 0 Å². The van der Waals surface area contributed by atoms with Crippen LogP contribution in [0.15, 0.2) is 73.1 Å². The quantitative estimate of drug-likeness (QED) is 0.627. The van der Waals surface area contributed by atoms with Crippen molar-refractivity contribution < 1.29 is 14.3 Å². The highest BCUT2D eigenvalue weighted by molar-refractivity contribution is 5.96. The second-order valence-corrected chi connectivity index (χ2v) is 8.01. The van der Waals surface area contributed by atoms with Gasteiger partial charge in [-0.05, 0) is 41.5 Å². The smallest absolute Gasteiger partial charge is 0.254 e. The van der Waals surface area contributed by atoms with Gasteiger partial charge in [-0.3, -0.25) is 14.6 Å². The second kappa shape index (κ2) is 10.2. The number of aromatic nitrogens is 1. The number of rotatable bonds is 6. The maximum Gasteiger partial charge on any atom is 0.254 e. The van der Waals surface area contributed by atoms with E-state index in [4.69, 9.17) is 4.74 Å². The third-order valence-electron chi connectivity index (χ3n) is 5.94. The third-order valence-corrected chi connectivity index (χ3v) is 5.94. The molecule has 1 fully saturated rings. The van der Waals surface area contributed by atoms with Gasteiger partial charge in [0, 0.05) is 51.1 Å². The summed E-state index contributed by atoms with van der Waals surface area (Å²) in [6.07, 6.45) is 3.50. The SMILES string of the molecule is COc1ccc(C(=O)N2CCN(C(C)=O)C(c3ccccc3)C2)cc1NCc1ccncc1. The first kappa shape index (κ1) is 22.3. The molecule has 1 atom stereocenters. The van der Waals surface area contributed by atoms with Crippen molar-refractivity contribution in [2.75, 3.05) is 32.1 Å². The first-order valence-electron chi connectivity index (χ1n) is 11.0. The van der Waals surface area contributed by atoms with Crippen LogP contribution in [0.4, 0.5) is 5.69 Å². The van der Waals surface area contributed by atoms with Gasteiger partial charge in [-0.2, -0.15) is 0 Å². The normalized spacial score (nSPS) is 15.8. The summed E-state index contributed by atoms with van der Waals surface area (Å²) in [5, 5.41) is 3.36. The summed E-state index contributed by atoms with van der Waals surface area (Å²) >= 11 is 0. The van der Waals surface area contributed by atoms with Crippen LogP contribution in [0.5, 0.6) is 5.75 Å². The molecule has 33 heavy (non-hydrogen) atoms. The Kier molecular flexibility index (Phi) is 6.88. The van der Waals surface area contributed by atoms with E-state index in [0.717, 1.165) is 16.8 Å². The third kappa shape index (κ3) is 5.14. The molecule has 1 aliphatic heterocycles. The number of nitrogens with zero attached hydrogens (tertiary/aromatic N) is 3. The van der Waals surface area contributed by atoms with Crippen LogP contribution in [0.2, 0.25) is 0 Å². The molecular formula is C26H28N4O3. The molecular weight excluding hydrogens is 416 g/mol. The van der Waals surface area contributed by atoms with Crippen molar-refractivity contribution in [1.29, 1.82) is 0 Å². The van der Waals surface area contributed by atoms with Gasteiger partial charge in [-0.15, -0.1) is 0 Å². The van der Waals surface area contributed by atoms with Crippen molar-refractivity contribution in [1.82, 2.24) is 14.8 Å². The van der Waals surface area contributed by atoms with Gasteiger partial charge in [0.25, 0.3) is 5.91 Å². The van der Waals surface area contributed by atoms with E-state index in [2.05, 4.69) is 10.3 Å². The maximum atomic E-state index is 13.4. The summed E-state index contributed by atoms with van der Waals surface area (Å²) in [4.78, 5) is 33.4. The van der Waals surface area contributed by atoms with Crippen LogP contribution < -0.4 is 10.1 Å². The Bertz CT molecular complexity index is 1110. The largest absolute Gasteiger partial charge is 0.495 e. The van der Waals surface area contributed by atoms with Crippen molar-refractivity contribution >= 4 is 17.5 Å². The molecule has 0 bridgehead atoms. The zero-order valence-corrected chi connectivity index (χ0v) is 18.9. The Hall–Kier alpha value is -3.87. The fourth-order valence-corrected chi connectivity index (χ4v) is 4.16. The standard InChI is InChI=1S/C26H28N4O3/c1-19(31)30-15-14-29(18-24(30)21-6-4-3-5-7-21)26(32)22-8-9-25(33-2)23(16-22)28-17-20-10-12-27-13-11-20/h3-13,16,24,28H,14-15,17-18H2,1-2H3. The number of benzene rings is 2. The molecule has 2 amide bonds. The Morgan fingerprint density at radius 3 is 2.52 bits per heavy atom. The molecule has 1 aliphatic rings. The van der Waals surface area contributed by atoms with E-state index in [-0.39, 0.29) is 17.9 Å². The van der Waals surface area contributed by atoms with E-state index < -0.39 is 0 Å². The fourth-order valence-electron chi connectivity index (χ4n) is 4.16. The molecule has 3 aromatic rings. The molecule has 0 radical (unpaired) electrons. The van der Waals surface area contributed by atoms with Gasteiger partial charge in [-0.1, -0.05) is 30.3 Å².